The van der Waals surface area contributed by atoms with Gasteiger partial charge in [0, 0.05) is 32.5 Å². The van der Waals surface area contributed by atoms with Crippen molar-refractivity contribution in [2.24, 2.45) is 0 Å². The van der Waals surface area contributed by atoms with E-state index in [1.165, 1.54) is 11.3 Å². The number of amides is 1. The van der Waals surface area contributed by atoms with Crippen LogP contribution in [0.5, 0.6) is 0 Å². The molecule has 1 amide bonds. The Morgan fingerprint density at radius 1 is 1.29 bits per heavy atom. The molecule has 0 fully saturated rings. The quantitative estimate of drug-likeness (QED) is 0.735. The summed E-state index contributed by atoms with van der Waals surface area (Å²) < 4.78 is 2.54. The number of carbonyl (C=O) groups excluding carboxylic acids is 1. The fraction of sp³-hybridized carbons (Fsp3) is 0.444. The van der Waals surface area contributed by atoms with Gasteiger partial charge in [0.25, 0.3) is 0 Å². The molecule has 1 aromatic heterocycles. The zero-order valence-electron chi connectivity index (χ0n) is 14.7. The van der Waals surface area contributed by atoms with Crippen molar-refractivity contribution >= 4 is 27.5 Å². The van der Waals surface area contributed by atoms with E-state index < -0.39 is 5.54 Å². The van der Waals surface area contributed by atoms with Gasteiger partial charge < -0.3 is 10.2 Å². The number of nitrogens with one attached hydrogen (secondary N) is 1. The second kappa shape index (κ2) is 7.83. The molecule has 0 aliphatic carbocycles. The van der Waals surface area contributed by atoms with Crippen molar-refractivity contribution in [1.29, 1.82) is 0 Å². The van der Waals surface area contributed by atoms with E-state index in [0.717, 1.165) is 17.3 Å². The van der Waals surface area contributed by atoms with Crippen molar-refractivity contribution in [3.63, 3.8) is 0 Å². The van der Waals surface area contributed by atoms with Gasteiger partial charge in [-0.05, 0) is 60.3 Å². The van der Waals surface area contributed by atoms with E-state index in [4.69, 9.17) is 0 Å². The molecule has 0 saturated carbocycles. The monoisotopic (exact) mass is 392 g/mol. The lowest BCUT2D eigenvalue weighted by Gasteiger charge is -2.24. The molecule has 0 atom stereocenters. The van der Waals surface area contributed by atoms with Gasteiger partial charge in [-0.1, -0.05) is 12.1 Å². The van der Waals surface area contributed by atoms with Crippen LogP contribution in [0.4, 0.5) is 5.69 Å². The molecule has 0 saturated heterocycles. The van der Waals surface area contributed by atoms with Crippen LogP contribution in [0, 0.1) is 0 Å². The first kappa shape index (κ1) is 18.5. The Labute approximate surface area is 152 Å². The van der Waals surface area contributed by atoms with Crippen LogP contribution in [0.3, 0.4) is 0 Å². The van der Waals surface area contributed by atoms with Gasteiger partial charge in [0.2, 0.25) is 5.91 Å². The van der Waals surface area contributed by atoms with Crippen molar-refractivity contribution in [2.75, 3.05) is 25.5 Å². The number of nitrogens with zero attached hydrogens (tertiary/aromatic N) is 3. The molecule has 0 spiro atoms. The summed E-state index contributed by atoms with van der Waals surface area (Å²) in [5, 5.41) is 7.22. The summed E-state index contributed by atoms with van der Waals surface area (Å²) in [5.74, 6) is -0.0268. The van der Waals surface area contributed by atoms with E-state index in [1.54, 1.807) is 10.9 Å². The highest BCUT2D eigenvalue weighted by molar-refractivity contribution is 9.10. The van der Waals surface area contributed by atoms with Gasteiger partial charge in [0.1, 0.15) is 5.54 Å². The highest BCUT2D eigenvalue weighted by Crippen LogP contribution is 2.18. The van der Waals surface area contributed by atoms with Gasteiger partial charge in [-0.15, -0.1) is 0 Å². The molecule has 6 heteroatoms. The number of benzene rings is 1. The molecule has 0 aliphatic heterocycles. The third-order valence-electron chi connectivity index (χ3n) is 4.06. The van der Waals surface area contributed by atoms with Crippen LogP contribution in [0.1, 0.15) is 25.8 Å². The first-order valence-corrected chi connectivity index (χ1v) is 8.85. The molecular formula is C18H25BrN4O. The van der Waals surface area contributed by atoms with Crippen LogP contribution in [-0.2, 0) is 16.8 Å². The van der Waals surface area contributed by atoms with Gasteiger partial charge in [0.05, 0.1) is 10.7 Å². The van der Waals surface area contributed by atoms with Crippen molar-refractivity contribution in [3.05, 3.63) is 46.7 Å². The molecule has 0 unspecified atom stereocenters. The van der Waals surface area contributed by atoms with Crippen LogP contribution in [0.15, 0.2) is 41.1 Å². The highest BCUT2D eigenvalue weighted by Gasteiger charge is 2.30. The molecule has 1 aromatic carbocycles. The maximum absolute atomic E-state index is 12.4. The maximum atomic E-state index is 12.4. The Morgan fingerprint density at radius 3 is 2.50 bits per heavy atom. The summed E-state index contributed by atoms with van der Waals surface area (Å²) in [5.41, 5.74) is 1.77. The number of hydrogen-bond acceptors (Lipinski definition) is 3. The summed E-state index contributed by atoms with van der Waals surface area (Å²) in [4.78, 5) is 14.5. The van der Waals surface area contributed by atoms with E-state index in [-0.39, 0.29) is 5.91 Å². The first-order chi connectivity index (χ1) is 11.3. The number of anilines is 1. The number of aryl methyl sites for hydroxylation is 1. The second-order valence-corrected chi connectivity index (χ2v) is 7.50. The number of carbonyl (C=O) groups is 1. The predicted octanol–water partition coefficient (Wildman–Crippen LogP) is 3.20. The highest BCUT2D eigenvalue weighted by atomic mass is 79.9. The van der Waals surface area contributed by atoms with E-state index >= 15 is 0 Å². The SMILES string of the molecule is CN(C)c1ccc(CCCNC(=O)C(C)(C)n2cc(Br)cn2)cc1. The largest absolute Gasteiger partial charge is 0.378 e. The van der Waals surface area contributed by atoms with E-state index in [2.05, 4.69) is 55.5 Å². The standard InChI is InChI=1S/C18H25BrN4O/c1-18(2,23-13-15(19)12-21-23)17(24)20-11-5-6-14-7-9-16(10-8-14)22(3)4/h7-10,12-13H,5-6,11H2,1-4H3,(H,20,24). The van der Waals surface area contributed by atoms with Gasteiger partial charge in [0.15, 0.2) is 0 Å². The molecule has 24 heavy (non-hydrogen) atoms. The Morgan fingerprint density at radius 2 is 1.96 bits per heavy atom. The predicted molar refractivity (Wildman–Crippen MR) is 101 cm³/mol. The molecule has 0 bridgehead atoms. The maximum Gasteiger partial charge on any atom is 0.247 e. The molecular weight excluding hydrogens is 368 g/mol. The summed E-state index contributed by atoms with van der Waals surface area (Å²) >= 11 is 3.36. The van der Waals surface area contributed by atoms with E-state index in [9.17, 15) is 4.79 Å². The van der Waals surface area contributed by atoms with Gasteiger partial charge in [-0.2, -0.15) is 5.10 Å². The summed E-state index contributed by atoms with van der Waals surface area (Å²) in [7, 11) is 4.06. The number of rotatable bonds is 7. The third-order valence-corrected chi connectivity index (χ3v) is 4.47. The number of hydrogen-bond donors (Lipinski definition) is 1. The normalized spacial score (nSPS) is 11.4. The molecule has 0 radical (unpaired) electrons. The third kappa shape index (κ3) is 4.60. The smallest absolute Gasteiger partial charge is 0.247 e. The first-order valence-electron chi connectivity index (χ1n) is 8.06. The van der Waals surface area contributed by atoms with Crippen LogP contribution in [-0.4, -0.2) is 36.3 Å². The minimum Gasteiger partial charge on any atom is -0.378 e. The zero-order chi connectivity index (χ0) is 17.7. The Kier molecular flexibility index (Phi) is 6.04. The number of aromatic nitrogens is 2. The number of halogens is 1. The summed E-state index contributed by atoms with van der Waals surface area (Å²) in [6.07, 6.45) is 5.35. The lowest BCUT2D eigenvalue weighted by molar-refractivity contribution is -0.128. The van der Waals surface area contributed by atoms with E-state index in [0.29, 0.717) is 6.54 Å². The topological polar surface area (TPSA) is 50.2 Å². The molecule has 2 aromatic rings. The molecule has 1 heterocycles. The Bertz CT molecular complexity index is 677. The zero-order valence-corrected chi connectivity index (χ0v) is 16.3. The second-order valence-electron chi connectivity index (χ2n) is 6.58. The Balaban J connectivity index is 1.80. The average molecular weight is 393 g/mol. The fourth-order valence-electron chi connectivity index (χ4n) is 2.38. The molecule has 2 rings (SSSR count). The average Bonchev–Trinajstić information content (AvgIpc) is 2.99. The van der Waals surface area contributed by atoms with Crippen LogP contribution in [0.25, 0.3) is 0 Å². The molecule has 1 N–H and O–H groups in total. The van der Waals surface area contributed by atoms with Crippen LogP contribution < -0.4 is 10.2 Å². The van der Waals surface area contributed by atoms with Crippen LogP contribution in [0.2, 0.25) is 0 Å². The lowest BCUT2D eigenvalue weighted by atomic mass is 10.0. The Hall–Kier alpha value is -1.82. The van der Waals surface area contributed by atoms with Gasteiger partial charge in [-0.3, -0.25) is 9.48 Å². The molecule has 130 valence electrons. The lowest BCUT2D eigenvalue weighted by Crippen LogP contribution is -2.45. The van der Waals surface area contributed by atoms with E-state index in [1.807, 2.05) is 34.1 Å². The summed E-state index contributed by atoms with van der Waals surface area (Å²) in [6.45, 7) is 4.38. The van der Waals surface area contributed by atoms with Crippen molar-refractivity contribution in [2.45, 2.75) is 32.2 Å². The van der Waals surface area contributed by atoms with Gasteiger partial charge in [-0.25, -0.2) is 0 Å². The van der Waals surface area contributed by atoms with Crippen molar-refractivity contribution < 1.29 is 4.79 Å². The minimum atomic E-state index is -0.709. The minimum absolute atomic E-state index is 0.0268. The van der Waals surface area contributed by atoms with Gasteiger partial charge >= 0.3 is 0 Å². The molecule has 5 nitrogen and oxygen atoms in total. The van der Waals surface area contributed by atoms with Crippen LogP contribution >= 0.6 is 15.9 Å². The fourth-order valence-corrected chi connectivity index (χ4v) is 2.67. The molecule has 0 aliphatic rings. The van der Waals surface area contributed by atoms with Crippen molar-refractivity contribution in [3.8, 4) is 0 Å². The summed E-state index contributed by atoms with van der Waals surface area (Å²) in [6, 6.07) is 8.52. The van der Waals surface area contributed by atoms with Crippen molar-refractivity contribution in [1.82, 2.24) is 15.1 Å².